The zero-order valence-electron chi connectivity index (χ0n) is 12.7. The molecular formula is C17H25NO2. The molecule has 3 heteroatoms. The van der Waals surface area contributed by atoms with Crippen LogP contribution in [-0.4, -0.2) is 24.8 Å². The second-order valence-corrected chi connectivity index (χ2v) is 6.35. The second kappa shape index (κ2) is 5.38. The van der Waals surface area contributed by atoms with Gasteiger partial charge in [-0.1, -0.05) is 25.1 Å². The molecule has 2 atom stereocenters. The number of hydrogen-bond donors (Lipinski definition) is 1. The van der Waals surface area contributed by atoms with Gasteiger partial charge in [0.2, 0.25) is 0 Å². The lowest BCUT2D eigenvalue weighted by Crippen LogP contribution is -2.54. The minimum Gasteiger partial charge on any atom is -0.486 e. The summed E-state index contributed by atoms with van der Waals surface area (Å²) in [5.74, 6) is 1.39. The van der Waals surface area contributed by atoms with E-state index in [0.29, 0.717) is 5.92 Å². The number of nitrogens with one attached hydrogen (secondary N) is 1. The van der Waals surface area contributed by atoms with Crippen molar-refractivity contribution in [1.82, 2.24) is 5.32 Å². The van der Waals surface area contributed by atoms with E-state index in [1.807, 2.05) is 0 Å². The number of piperidine rings is 1. The standard InChI is InChI=1S/C17H25NO2/c1-12(2)19-16-13(3)17(8-10-18-11-9-17)20-15-7-5-4-6-14(15)16/h4-7,12-13,16,18H,8-11H2,1-3H3. The van der Waals surface area contributed by atoms with Gasteiger partial charge in [-0.05, 0) is 45.8 Å². The van der Waals surface area contributed by atoms with Gasteiger partial charge in [-0.2, -0.15) is 0 Å². The molecule has 1 aromatic carbocycles. The molecule has 110 valence electrons. The molecule has 2 aliphatic heterocycles. The minimum absolute atomic E-state index is 0.0703. The van der Waals surface area contributed by atoms with E-state index in [-0.39, 0.29) is 17.8 Å². The maximum atomic E-state index is 6.46. The van der Waals surface area contributed by atoms with Crippen molar-refractivity contribution in [1.29, 1.82) is 0 Å². The molecule has 3 nitrogen and oxygen atoms in total. The van der Waals surface area contributed by atoms with E-state index in [0.717, 1.165) is 31.7 Å². The van der Waals surface area contributed by atoms with Gasteiger partial charge in [-0.3, -0.25) is 0 Å². The molecule has 3 rings (SSSR count). The number of benzene rings is 1. The molecule has 1 saturated heterocycles. The number of fused-ring (bicyclic) bond motifs is 1. The van der Waals surface area contributed by atoms with Crippen LogP contribution in [0.5, 0.6) is 5.75 Å². The van der Waals surface area contributed by atoms with E-state index >= 15 is 0 Å². The molecule has 0 bridgehead atoms. The largest absolute Gasteiger partial charge is 0.486 e. The number of ether oxygens (including phenoxy) is 2. The summed E-state index contributed by atoms with van der Waals surface area (Å²) in [5.41, 5.74) is 1.14. The molecule has 2 aliphatic rings. The van der Waals surface area contributed by atoms with Crippen molar-refractivity contribution in [2.45, 2.75) is 51.4 Å². The Bertz CT molecular complexity index is 466. The Labute approximate surface area is 121 Å². The molecule has 20 heavy (non-hydrogen) atoms. The predicted molar refractivity (Wildman–Crippen MR) is 80.0 cm³/mol. The first kappa shape index (κ1) is 13.9. The molecule has 0 saturated carbocycles. The predicted octanol–water partition coefficient (Wildman–Crippen LogP) is 3.30. The van der Waals surface area contributed by atoms with Gasteiger partial charge in [0.25, 0.3) is 0 Å². The van der Waals surface area contributed by atoms with Crippen molar-refractivity contribution in [2.24, 2.45) is 5.92 Å². The van der Waals surface area contributed by atoms with Gasteiger partial charge in [0.15, 0.2) is 0 Å². The molecule has 0 aliphatic carbocycles. The monoisotopic (exact) mass is 275 g/mol. The Hall–Kier alpha value is -1.06. The molecule has 1 spiro atoms. The Morgan fingerprint density at radius 3 is 2.65 bits per heavy atom. The first-order chi connectivity index (χ1) is 9.62. The van der Waals surface area contributed by atoms with Crippen LogP contribution in [-0.2, 0) is 4.74 Å². The molecular weight excluding hydrogens is 250 g/mol. The second-order valence-electron chi connectivity index (χ2n) is 6.35. The van der Waals surface area contributed by atoms with Gasteiger partial charge < -0.3 is 14.8 Å². The lowest BCUT2D eigenvalue weighted by atomic mass is 9.74. The fourth-order valence-electron chi connectivity index (χ4n) is 3.56. The topological polar surface area (TPSA) is 30.5 Å². The summed E-state index contributed by atoms with van der Waals surface area (Å²) in [5, 5.41) is 3.44. The number of hydrogen-bond acceptors (Lipinski definition) is 3. The highest BCUT2D eigenvalue weighted by Crippen LogP contribution is 2.49. The highest BCUT2D eigenvalue weighted by molar-refractivity contribution is 5.39. The third-order valence-electron chi connectivity index (χ3n) is 4.69. The fraction of sp³-hybridized carbons (Fsp3) is 0.647. The van der Waals surface area contributed by atoms with Crippen molar-refractivity contribution in [3.63, 3.8) is 0 Å². The summed E-state index contributed by atoms with van der Waals surface area (Å²) in [7, 11) is 0. The number of rotatable bonds is 2. The minimum atomic E-state index is -0.0703. The lowest BCUT2D eigenvalue weighted by Gasteiger charge is -2.49. The zero-order chi connectivity index (χ0) is 14.2. The van der Waals surface area contributed by atoms with Crippen LogP contribution in [0.25, 0.3) is 0 Å². The van der Waals surface area contributed by atoms with Gasteiger partial charge in [-0.25, -0.2) is 0 Å². The van der Waals surface area contributed by atoms with Crippen LogP contribution in [0.15, 0.2) is 24.3 Å². The van der Waals surface area contributed by atoms with Crippen LogP contribution in [0.3, 0.4) is 0 Å². The highest BCUT2D eigenvalue weighted by atomic mass is 16.5. The van der Waals surface area contributed by atoms with Crippen LogP contribution in [0.4, 0.5) is 0 Å². The molecule has 2 unspecified atom stereocenters. The SMILES string of the molecule is CC(C)OC1c2ccccc2OC2(CCNCC2)C1C. The average molecular weight is 275 g/mol. The third kappa shape index (κ3) is 2.33. The van der Waals surface area contributed by atoms with Crippen molar-refractivity contribution in [2.75, 3.05) is 13.1 Å². The van der Waals surface area contributed by atoms with Crippen LogP contribution < -0.4 is 10.1 Å². The van der Waals surface area contributed by atoms with Crippen molar-refractivity contribution < 1.29 is 9.47 Å². The summed E-state index contributed by atoms with van der Waals surface area (Å²) in [6.45, 7) is 8.57. The summed E-state index contributed by atoms with van der Waals surface area (Å²) >= 11 is 0. The normalized spacial score (nSPS) is 28.2. The van der Waals surface area contributed by atoms with Crippen molar-refractivity contribution >= 4 is 0 Å². The highest BCUT2D eigenvalue weighted by Gasteiger charge is 2.48. The first-order valence-electron chi connectivity index (χ1n) is 7.76. The quantitative estimate of drug-likeness (QED) is 0.898. The molecule has 0 radical (unpaired) electrons. The van der Waals surface area contributed by atoms with Crippen molar-refractivity contribution in [3.05, 3.63) is 29.8 Å². The summed E-state index contributed by atoms with van der Waals surface area (Å²) < 4.78 is 12.7. The molecule has 0 aromatic heterocycles. The van der Waals surface area contributed by atoms with E-state index in [1.54, 1.807) is 0 Å². The molecule has 1 aromatic rings. The van der Waals surface area contributed by atoms with E-state index in [2.05, 4.69) is 50.4 Å². The van der Waals surface area contributed by atoms with Gasteiger partial charge in [0.1, 0.15) is 11.4 Å². The van der Waals surface area contributed by atoms with Crippen LogP contribution >= 0.6 is 0 Å². The van der Waals surface area contributed by atoms with Gasteiger partial charge in [0.05, 0.1) is 12.2 Å². The Morgan fingerprint density at radius 1 is 1.25 bits per heavy atom. The van der Waals surface area contributed by atoms with E-state index < -0.39 is 0 Å². The maximum Gasteiger partial charge on any atom is 0.125 e. The summed E-state index contributed by atoms with van der Waals surface area (Å²) in [4.78, 5) is 0. The lowest BCUT2D eigenvalue weighted by molar-refractivity contribution is -0.123. The van der Waals surface area contributed by atoms with Gasteiger partial charge >= 0.3 is 0 Å². The van der Waals surface area contributed by atoms with Gasteiger partial charge in [0, 0.05) is 11.5 Å². The van der Waals surface area contributed by atoms with E-state index in [1.165, 1.54) is 5.56 Å². The Kier molecular flexibility index (Phi) is 3.74. The smallest absolute Gasteiger partial charge is 0.125 e. The van der Waals surface area contributed by atoms with Gasteiger partial charge in [-0.15, -0.1) is 0 Å². The third-order valence-corrected chi connectivity index (χ3v) is 4.69. The Morgan fingerprint density at radius 2 is 1.95 bits per heavy atom. The fourth-order valence-corrected chi connectivity index (χ4v) is 3.56. The first-order valence-corrected chi connectivity index (χ1v) is 7.76. The average Bonchev–Trinajstić information content (AvgIpc) is 2.45. The maximum absolute atomic E-state index is 6.46. The molecule has 1 N–H and O–H groups in total. The van der Waals surface area contributed by atoms with Crippen LogP contribution in [0.2, 0.25) is 0 Å². The number of para-hydroxylation sites is 1. The van der Waals surface area contributed by atoms with Crippen LogP contribution in [0, 0.1) is 5.92 Å². The zero-order valence-corrected chi connectivity index (χ0v) is 12.7. The van der Waals surface area contributed by atoms with Crippen molar-refractivity contribution in [3.8, 4) is 5.75 Å². The summed E-state index contributed by atoms with van der Waals surface area (Å²) in [6, 6.07) is 8.36. The molecule has 0 amide bonds. The van der Waals surface area contributed by atoms with Crippen LogP contribution in [0.1, 0.15) is 45.3 Å². The summed E-state index contributed by atoms with van der Waals surface area (Å²) in [6.07, 6.45) is 2.48. The Balaban J connectivity index is 1.99. The molecule has 2 heterocycles. The van der Waals surface area contributed by atoms with E-state index in [9.17, 15) is 0 Å². The van der Waals surface area contributed by atoms with E-state index in [4.69, 9.17) is 9.47 Å². The molecule has 1 fully saturated rings.